The standard InChI is InChI=1S/C16H22N2S/c1-2-13-9-11-19-16(13)12-18-10-5-7-14-6-3-4-8-15(14)17/h3-4,6,8-9,11,18H,2,5,7,10,12,17H2,1H3. The summed E-state index contributed by atoms with van der Waals surface area (Å²) < 4.78 is 0. The molecule has 0 spiro atoms. The first-order valence-corrected chi connectivity index (χ1v) is 7.78. The Morgan fingerprint density at radius 2 is 2.00 bits per heavy atom. The van der Waals surface area contributed by atoms with Gasteiger partial charge in [-0.05, 0) is 54.4 Å². The van der Waals surface area contributed by atoms with E-state index >= 15 is 0 Å². The van der Waals surface area contributed by atoms with Crippen molar-refractivity contribution in [1.82, 2.24) is 5.32 Å². The van der Waals surface area contributed by atoms with E-state index in [9.17, 15) is 0 Å². The van der Waals surface area contributed by atoms with Gasteiger partial charge in [0.05, 0.1) is 0 Å². The molecule has 0 radical (unpaired) electrons. The zero-order chi connectivity index (χ0) is 13.5. The molecule has 0 atom stereocenters. The van der Waals surface area contributed by atoms with Gasteiger partial charge in [0.1, 0.15) is 0 Å². The fourth-order valence-electron chi connectivity index (χ4n) is 2.20. The van der Waals surface area contributed by atoms with Crippen LogP contribution in [0.1, 0.15) is 29.3 Å². The van der Waals surface area contributed by atoms with Gasteiger partial charge in [0, 0.05) is 17.1 Å². The summed E-state index contributed by atoms with van der Waals surface area (Å²) in [5, 5.41) is 5.70. The Bertz CT molecular complexity index is 505. The van der Waals surface area contributed by atoms with Crippen LogP contribution >= 0.6 is 11.3 Å². The molecular formula is C16H22N2S. The second kappa shape index (κ2) is 7.31. The topological polar surface area (TPSA) is 38.0 Å². The van der Waals surface area contributed by atoms with Crippen molar-refractivity contribution < 1.29 is 0 Å². The molecule has 2 aromatic rings. The SMILES string of the molecule is CCc1ccsc1CNCCCc1ccccc1N. The van der Waals surface area contributed by atoms with Gasteiger partial charge in [-0.3, -0.25) is 0 Å². The van der Waals surface area contributed by atoms with Crippen LogP contribution in [0.3, 0.4) is 0 Å². The third kappa shape index (κ3) is 4.08. The first-order chi connectivity index (χ1) is 9.31. The molecule has 3 N–H and O–H groups in total. The number of nitrogen functional groups attached to an aromatic ring is 1. The van der Waals surface area contributed by atoms with Crippen LogP contribution in [-0.4, -0.2) is 6.54 Å². The van der Waals surface area contributed by atoms with E-state index in [1.54, 1.807) is 0 Å². The van der Waals surface area contributed by atoms with E-state index in [0.717, 1.165) is 38.0 Å². The predicted octanol–water partition coefficient (Wildman–Crippen LogP) is 3.62. The largest absolute Gasteiger partial charge is 0.399 e. The molecule has 1 heterocycles. The summed E-state index contributed by atoms with van der Waals surface area (Å²) in [4.78, 5) is 1.47. The van der Waals surface area contributed by atoms with Gasteiger partial charge in [-0.25, -0.2) is 0 Å². The highest BCUT2D eigenvalue weighted by molar-refractivity contribution is 7.10. The molecule has 2 rings (SSSR count). The van der Waals surface area contributed by atoms with Gasteiger partial charge in [-0.2, -0.15) is 0 Å². The predicted molar refractivity (Wildman–Crippen MR) is 84.6 cm³/mol. The van der Waals surface area contributed by atoms with Crippen LogP contribution in [0.15, 0.2) is 35.7 Å². The van der Waals surface area contributed by atoms with E-state index in [2.05, 4.69) is 35.8 Å². The number of para-hydroxylation sites is 1. The quantitative estimate of drug-likeness (QED) is 0.598. The summed E-state index contributed by atoms with van der Waals surface area (Å²) in [6.07, 6.45) is 3.30. The molecule has 0 aliphatic heterocycles. The first kappa shape index (κ1) is 14.1. The lowest BCUT2D eigenvalue weighted by Gasteiger charge is -2.07. The van der Waals surface area contributed by atoms with Crippen molar-refractivity contribution in [3.05, 3.63) is 51.7 Å². The highest BCUT2D eigenvalue weighted by Gasteiger charge is 2.02. The Labute approximate surface area is 119 Å². The highest BCUT2D eigenvalue weighted by Crippen LogP contribution is 2.17. The fourth-order valence-corrected chi connectivity index (χ4v) is 3.15. The molecule has 1 aromatic heterocycles. The minimum atomic E-state index is 0.911. The lowest BCUT2D eigenvalue weighted by molar-refractivity contribution is 0.652. The van der Waals surface area contributed by atoms with Crippen LogP contribution in [0.4, 0.5) is 5.69 Å². The Balaban J connectivity index is 1.69. The van der Waals surface area contributed by atoms with E-state index < -0.39 is 0 Å². The van der Waals surface area contributed by atoms with Gasteiger partial charge in [0.25, 0.3) is 0 Å². The number of hydrogen-bond donors (Lipinski definition) is 2. The summed E-state index contributed by atoms with van der Waals surface area (Å²) >= 11 is 1.85. The zero-order valence-electron chi connectivity index (χ0n) is 11.5. The normalized spacial score (nSPS) is 10.8. The monoisotopic (exact) mass is 274 g/mol. The molecule has 0 aliphatic rings. The number of benzene rings is 1. The molecule has 2 nitrogen and oxygen atoms in total. The molecule has 0 fully saturated rings. The fraction of sp³-hybridized carbons (Fsp3) is 0.375. The lowest BCUT2D eigenvalue weighted by Crippen LogP contribution is -2.15. The van der Waals surface area contributed by atoms with Crippen LogP contribution in [0.5, 0.6) is 0 Å². The molecule has 0 amide bonds. The van der Waals surface area contributed by atoms with E-state index in [-0.39, 0.29) is 0 Å². The van der Waals surface area contributed by atoms with Crippen molar-refractivity contribution in [3.63, 3.8) is 0 Å². The van der Waals surface area contributed by atoms with Crippen LogP contribution < -0.4 is 11.1 Å². The van der Waals surface area contributed by atoms with Crippen molar-refractivity contribution in [1.29, 1.82) is 0 Å². The van der Waals surface area contributed by atoms with Crippen LogP contribution in [0.25, 0.3) is 0 Å². The smallest absolute Gasteiger partial charge is 0.0346 e. The second-order valence-corrected chi connectivity index (χ2v) is 5.70. The first-order valence-electron chi connectivity index (χ1n) is 6.90. The molecule has 0 unspecified atom stereocenters. The van der Waals surface area contributed by atoms with E-state index in [1.165, 1.54) is 16.0 Å². The van der Waals surface area contributed by atoms with Crippen LogP contribution in [-0.2, 0) is 19.4 Å². The highest BCUT2D eigenvalue weighted by atomic mass is 32.1. The van der Waals surface area contributed by atoms with Crippen molar-refractivity contribution in [2.75, 3.05) is 12.3 Å². The molecule has 0 bridgehead atoms. The maximum Gasteiger partial charge on any atom is 0.0346 e. The lowest BCUT2D eigenvalue weighted by atomic mass is 10.1. The summed E-state index contributed by atoms with van der Waals surface area (Å²) in [6.45, 7) is 4.24. The van der Waals surface area contributed by atoms with E-state index in [4.69, 9.17) is 5.73 Å². The number of nitrogens with two attached hydrogens (primary N) is 1. The molecule has 19 heavy (non-hydrogen) atoms. The van der Waals surface area contributed by atoms with Crippen molar-refractivity contribution in [2.45, 2.75) is 32.7 Å². The Morgan fingerprint density at radius 3 is 2.79 bits per heavy atom. The second-order valence-electron chi connectivity index (χ2n) is 4.70. The number of hydrogen-bond acceptors (Lipinski definition) is 3. The van der Waals surface area contributed by atoms with E-state index in [0.29, 0.717) is 0 Å². The molecular weight excluding hydrogens is 252 g/mol. The van der Waals surface area contributed by atoms with Gasteiger partial charge >= 0.3 is 0 Å². The van der Waals surface area contributed by atoms with Crippen LogP contribution in [0.2, 0.25) is 0 Å². The van der Waals surface area contributed by atoms with Crippen LogP contribution in [0, 0.1) is 0 Å². The molecule has 0 saturated heterocycles. The van der Waals surface area contributed by atoms with Crippen molar-refractivity contribution in [3.8, 4) is 0 Å². The minimum Gasteiger partial charge on any atom is -0.399 e. The van der Waals surface area contributed by atoms with Gasteiger partial charge in [-0.15, -0.1) is 11.3 Å². The summed E-state index contributed by atoms with van der Waals surface area (Å²) in [7, 11) is 0. The third-order valence-electron chi connectivity index (χ3n) is 3.36. The van der Waals surface area contributed by atoms with Crippen molar-refractivity contribution >= 4 is 17.0 Å². The maximum absolute atomic E-state index is 5.93. The van der Waals surface area contributed by atoms with Gasteiger partial charge < -0.3 is 11.1 Å². The Kier molecular flexibility index (Phi) is 5.43. The Hall–Kier alpha value is -1.32. The summed E-state index contributed by atoms with van der Waals surface area (Å²) in [5.74, 6) is 0. The molecule has 3 heteroatoms. The molecule has 102 valence electrons. The van der Waals surface area contributed by atoms with Gasteiger partial charge in [0.2, 0.25) is 0 Å². The Morgan fingerprint density at radius 1 is 1.16 bits per heavy atom. The van der Waals surface area contributed by atoms with Gasteiger partial charge in [0.15, 0.2) is 0 Å². The summed E-state index contributed by atoms with van der Waals surface area (Å²) in [5.41, 5.74) is 9.58. The average molecular weight is 274 g/mol. The molecule has 0 aliphatic carbocycles. The maximum atomic E-state index is 5.93. The van der Waals surface area contributed by atoms with Crippen molar-refractivity contribution in [2.24, 2.45) is 0 Å². The van der Waals surface area contributed by atoms with E-state index in [1.807, 2.05) is 23.5 Å². The number of nitrogens with one attached hydrogen (secondary N) is 1. The number of thiophene rings is 1. The van der Waals surface area contributed by atoms with Gasteiger partial charge in [-0.1, -0.05) is 25.1 Å². The average Bonchev–Trinajstić information content (AvgIpc) is 2.88. The third-order valence-corrected chi connectivity index (χ3v) is 4.32. The zero-order valence-corrected chi connectivity index (χ0v) is 12.3. The minimum absolute atomic E-state index is 0.911. The number of rotatable bonds is 7. The number of anilines is 1. The number of aryl methyl sites for hydroxylation is 2. The molecule has 1 aromatic carbocycles. The summed E-state index contributed by atoms with van der Waals surface area (Å²) in [6, 6.07) is 10.4. The molecule has 0 saturated carbocycles.